The third kappa shape index (κ3) is 6.15. The molecule has 5 N–H and O–H groups in total. The zero-order valence-corrected chi connectivity index (χ0v) is 19.9. The summed E-state index contributed by atoms with van der Waals surface area (Å²) in [6.45, 7) is 4.29. The number of nitrogens with one attached hydrogen (secondary N) is 3. The van der Waals surface area contributed by atoms with E-state index >= 15 is 0 Å². The molecule has 0 radical (unpaired) electrons. The number of piperazine rings is 1. The lowest BCUT2D eigenvalue weighted by Gasteiger charge is -2.36. The first-order valence-corrected chi connectivity index (χ1v) is 11.9. The molecular formula is C21H27FN8O4S. The van der Waals surface area contributed by atoms with Crippen LogP contribution in [0.25, 0.3) is 0 Å². The van der Waals surface area contributed by atoms with Gasteiger partial charge in [0.25, 0.3) is 0 Å². The number of nitrogens with two attached hydrogens (primary N) is 1. The number of thiazole rings is 1. The van der Waals surface area contributed by atoms with Crippen LogP contribution in [0, 0.1) is 5.82 Å². The second-order valence-electron chi connectivity index (χ2n) is 8.17. The Balaban J connectivity index is 1.28. The van der Waals surface area contributed by atoms with Crippen LogP contribution < -0.4 is 31.7 Å². The third-order valence-electron chi connectivity index (χ3n) is 5.67. The molecule has 14 heteroatoms. The van der Waals surface area contributed by atoms with E-state index in [-0.39, 0.29) is 31.4 Å². The minimum absolute atomic E-state index is 0.179. The topological polar surface area (TPSA) is 145 Å². The van der Waals surface area contributed by atoms with Crippen LogP contribution in [-0.2, 0) is 14.3 Å². The molecule has 188 valence electrons. The lowest BCUT2D eigenvalue weighted by Crippen LogP contribution is -2.49. The number of ether oxygens (including phenoxy) is 1. The SMILES string of the molecule is CC(=O)NC[C@H]1CN(c2ccc(N3CCN(CC(=O)Nc4ncc(NN)s4)CC3)c(F)c2)C(=O)O1. The highest BCUT2D eigenvalue weighted by Crippen LogP contribution is 2.28. The number of carbonyl (C=O) groups excluding carboxylic acids is 3. The summed E-state index contributed by atoms with van der Waals surface area (Å²) in [5, 5.41) is 6.47. The van der Waals surface area contributed by atoms with Gasteiger partial charge >= 0.3 is 6.09 Å². The molecule has 12 nitrogen and oxygen atoms in total. The summed E-state index contributed by atoms with van der Waals surface area (Å²) in [7, 11) is 0. The van der Waals surface area contributed by atoms with Gasteiger partial charge in [-0.1, -0.05) is 11.3 Å². The van der Waals surface area contributed by atoms with E-state index in [0.717, 1.165) is 0 Å². The molecule has 35 heavy (non-hydrogen) atoms. The summed E-state index contributed by atoms with van der Waals surface area (Å²) >= 11 is 1.24. The van der Waals surface area contributed by atoms with Crippen molar-refractivity contribution in [2.45, 2.75) is 13.0 Å². The zero-order valence-electron chi connectivity index (χ0n) is 19.1. The molecule has 3 heterocycles. The van der Waals surface area contributed by atoms with Crippen LogP contribution in [0.2, 0.25) is 0 Å². The number of halogens is 1. The normalized spacial score (nSPS) is 18.4. The Morgan fingerprint density at radius 2 is 2.06 bits per heavy atom. The van der Waals surface area contributed by atoms with Crippen LogP contribution in [0.4, 0.5) is 30.7 Å². The standard InChI is InChI=1S/C21H27FN8O4S/c1-13(31)24-9-15-11-30(21(33)34-15)14-2-3-17(16(22)8-14)29-6-4-28(5-7-29)12-18(32)26-20-25-10-19(27-23)35-20/h2-3,8,10,15,27H,4-7,9,11-12,23H2,1H3,(H,24,31)(H,25,26,32)/t15-/m0/s1. The van der Waals surface area contributed by atoms with Crippen LogP contribution in [0.15, 0.2) is 24.4 Å². The number of nitrogen functional groups attached to an aromatic ring is 1. The second-order valence-corrected chi connectivity index (χ2v) is 9.21. The molecule has 2 saturated heterocycles. The van der Waals surface area contributed by atoms with Gasteiger partial charge in [-0.05, 0) is 18.2 Å². The molecule has 0 unspecified atom stereocenters. The summed E-state index contributed by atoms with van der Waals surface area (Å²) in [6.07, 6.45) is 0.470. The van der Waals surface area contributed by atoms with Crippen molar-refractivity contribution in [2.24, 2.45) is 5.84 Å². The van der Waals surface area contributed by atoms with Gasteiger partial charge < -0.3 is 25.7 Å². The molecule has 1 aromatic heterocycles. The molecule has 1 atom stereocenters. The monoisotopic (exact) mass is 506 g/mol. The van der Waals surface area contributed by atoms with E-state index in [4.69, 9.17) is 10.6 Å². The van der Waals surface area contributed by atoms with Crippen molar-refractivity contribution in [3.8, 4) is 0 Å². The third-order valence-corrected chi connectivity index (χ3v) is 6.51. The number of amides is 3. The summed E-state index contributed by atoms with van der Waals surface area (Å²) in [5.74, 6) is 4.48. The van der Waals surface area contributed by atoms with Crippen molar-refractivity contribution in [1.29, 1.82) is 0 Å². The Hall–Kier alpha value is -3.49. The number of aromatic nitrogens is 1. The number of rotatable bonds is 8. The Bertz CT molecular complexity index is 1090. The first-order valence-electron chi connectivity index (χ1n) is 11.0. The van der Waals surface area contributed by atoms with Crippen LogP contribution in [0.3, 0.4) is 0 Å². The predicted octanol–water partition coefficient (Wildman–Crippen LogP) is 0.790. The number of nitrogens with zero attached hydrogens (tertiary/aromatic N) is 4. The molecule has 2 aromatic rings. The van der Waals surface area contributed by atoms with Crippen molar-refractivity contribution in [3.05, 3.63) is 30.2 Å². The van der Waals surface area contributed by atoms with Gasteiger partial charge in [0.05, 0.1) is 37.2 Å². The molecule has 4 rings (SSSR count). The Morgan fingerprint density at radius 3 is 2.71 bits per heavy atom. The Labute approximate surface area is 205 Å². The second kappa shape index (κ2) is 10.8. The van der Waals surface area contributed by atoms with E-state index in [1.54, 1.807) is 12.1 Å². The number of anilines is 4. The number of benzene rings is 1. The smallest absolute Gasteiger partial charge is 0.414 e. The van der Waals surface area contributed by atoms with Gasteiger partial charge in [-0.15, -0.1) is 0 Å². The fourth-order valence-electron chi connectivity index (χ4n) is 3.92. The van der Waals surface area contributed by atoms with Gasteiger partial charge in [-0.2, -0.15) is 0 Å². The minimum atomic E-state index is -0.576. The predicted molar refractivity (Wildman–Crippen MR) is 130 cm³/mol. The Morgan fingerprint density at radius 1 is 1.29 bits per heavy atom. The van der Waals surface area contributed by atoms with Crippen LogP contribution in [0.1, 0.15) is 6.92 Å². The summed E-state index contributed by atoms with van der Waals surface area (Å²) in [4.78, 5) is 44.9. The molecule has 0 aliphatic carbocycles. The molecule has 3 amide bonds. The lowest BCUT2D eigenvalue weighted by molar-refractivity contribution is -0.119. The average Bonchev–Trinajstić information content (AvgIpc) is 3.44. The number of hydrogen-bond acceptors (Lipinski definition) is 10. The van der Waals surface area contributed by atoms with Gasteiger partial charge in [0.15, 0.2) is 5.13 Å². The summed E-state index contributed by atoms with van der Waals surface area (Å²) in [6, 6.07) is 4.64. The van der Waals surface area contributed by atoms with E-state index in [0.29, 0.717) is 47.7 Å². The molecule has 0 bridgehead atoms. The van der Waals surface area contributed by atoms with Gasteiger partial charge in [0.1, 0.15) is 16.9 Å². The highest BCUT2D eigenvalue weighted by Gasteiger charge is 2.33. The summed E-state index contributed by atoms with van der Waals surface area (Å²) < 4.78 is 20.2. The van der Waals surface area contributed by atoms with Gasteiger partial charge in [0, 0.05) is 33.1 Å². The van der Waals surface area contributed by atoms with Crippen LogP contribution >= 0.6 is 11.3 Å². The summed E-state index contributed by atoms with van der Waals surface area (Å²) in [5.41, 5.74) is 3.31. The van der Waals surface area contributed by atoms with Crippen molar-refractivity contribution >= 4 is 50.8 Å². The lowest BCUT2D eigenvalue weighted by atomic mass is 10.2. The van der Waals surface area contributed by atoms with Crippen molar-refractivity contribution in [1.82, 2.24) is 15.2 Å². The fourth-order valence-corrected chi connectivity index (χ4v) is 4.57. The van der Waals surface area contributed by atoms with Crippen molar-refractivity contribution in [3.63, 3.8) is 0 Å². The maximum atomic E-state index is 15.0. The van der Waals surface area contributed by atoms with E-state index in [9.17, 15) is 18.8 Å². The largest absolute Gasteiger partial charge is 0.442 e. The van der Waals surface area contributed by atoms with Gasteiger partial charge in [-0.3, -0.25) is 19.4 Å². The van der Waals surface area contributed by atoms with Gasteiger partial charge in [-0.25, -0.2) is 20.0 Å². The van der Waals surface area contributed by atoms with E-state index in [1.165, 1.54) is 35.4 Å². The molecule has 1 aromatic carbocycles. The molecule has 2 aliphatic heterocycles. The zero-order chi connectivity index (χ0) is 24.9. The fraction of sp³-hybridized carbons (Fsp3) is 0.429. The molecule has 0 saturated carbocycles. The van der Waals surface area contributed by atoms with Gasteiger partial charge in [0.2, 0.25) is 11.8 Å². The molecule has 2 fully saturated rings. The van der Waals surface area contributed by atoms with Crippen molar-refractivity contribution < 1.29 is 23.5 Å². The van der Waals surface area contributed by atoms with Crippen LogP contribution in [-0.4, -0.2) is 79.7 Å². The first kappa shape index (κ1) is 24.6. The van der Waals surface area contributed by atoms with Crippen molar-refractivity contribution in [2.75, 3.05) is 66.4 Å². The van der Waals surface area contributed by atoms with E-state index < -0.39 is 18.0 Å². The highest BCUT2D eigenvalue weighted by molar-refractivity contribution is 7.19. The van der Waals surface area contributed by atoms with E-state index in [2.05, 4.69) is 21.0 Å². The maximum absolute atomic E-state index is 15.0. The number of carbonyl (C=O) groups is 3. The van der Waals surface area contributed by atoms with Crippen LogP contribution in [0.5, 0.6) is 0 Å². The first-order chi connectivity index (χ1) is 16.8. The highest BCUT2D eigenvalue weighted by atomic mass is 32.1. The molecule has 0 spiro atoms. The van der Waals surface area contributed by atoms with E-state index in [1.807, 2.05) is 9.80 Å². The quantitative estimate of drug-likeness (QED) is 0.302. The minimum Gasteiger partial charge on any atom is -0.442 e. The number of hydrazine groups is 1. The maximum Gasteiger partial charge on any atom is 0.414 e. The molecular weight excluding hydrogens is 479 g/mol. The Kier molecular flexibility index (Phi) is 7.63. The molecule has 2 aliphatic rings. The average molecular weight is 507 g/mol. The number of hydrogen-bond donors (Lipinski definition) is 4. The number of cyclic esters (lactones) is 1.